The molecule has 0 aliphatic heterocycles. The van der Waals surface area contributed by atoms with Crippen LogP contribution in [0.25, 0.3) is 10.9 Å². The molecule has 4 atom stereocenters. The van der Waals surface area contributed by atoms with Crippen molar-refractivity contribution in [3.05, 3.63) is 36.0 Å². The predicted octanol–water partition coefficient (Wildman–Crippen LogP) is -2.03. The second-order valence-electron chi connectivity index (χ2n) is 7.65. The van der Waals surface area contributed by atoms with Crippen molar-refractivity contribution in [3.8, 4) is 0 Å². The lowest BCUT2D eigenvalue weighted by Gasteiger charge is -2.24. The summed E-state index contributed by atoms with van der Waals surface area (Å²) in [5, 5.41) is 35.1. The molecule has 1 heterocycles. The van der Waals surface area contributed by atoms with E-state index in [0.717, 1.165) is 10.9 Å². The van der Waals surface area contributed by atoms with Crippen LogP contribution < -0.4 is 21.7 Å². The Kier molecular flexibility index (Phi) is 10.1. The molecular weight excluding hydrogens is 482 g/mol. The van der Waals surface area contributed by atoms with Crippen LogP contribution in [0.15, 0.2) is 30.5 Å². The number of amides is 3. The first kappa shape index (κ1) is 27.6. The van der Waals surface area contributed by atoms with Gasteiger partial charge in [0.15, 0.2) is 0 Å². The summed E-state index contributed by atoms with van der Waals surface area (Å²) in [7, 11) is 0. The zero-order chi connectivity index (χ0) is 26.1. The number of para-hydroxylation sites is 1. The van der Waals surface area contributed by atoms with Crippen molar-refractivity contribution in [2.24, 2.45) is 5.73 Å². The Balaban J connectivity index is 2.23. The van der Waals surface area contributed by atoms with Crippen LogP contribution in [0.1, 0.15) is 12.0 Å². The molecule has 13 nitrogen and oxygen atoms in total. The van der Waals surface area contributed by atoms with Gasteiger partial charge in [0.25, 0.3) is 0 Å². The molecule has 9 N–H and O–H groups in total. The number of carboxylic acids is 2. The highest BCUT2D eigenvalue weighted by Crippen LogP contribution is 2.19. The van der Waals surface area contributed by atoms with Gasteiger partial charge in [-0.3, -0.25) is 19.2 Å². The Morgan fingerprint density at radius 3 is 2.14 bits per heavy atom. The van der Waals surface area contributed by atoms with Gasteiger partial charge in [0.1, 0.15) is 18.1 Å². The summed E-state index contributed by atoms with van der Waals surface area (Å²) >= 11 is 3.84. The molecular formula is C21H27N5O8S. The van der Waals surface area contributed by atoms with Crippen LogP contribution in [-0.4, -0.2) is 86.5 Å². The largest absolute Gasteiger partial charge is 0.481 e. The van der Waals surface area contributed by atoms with Crippen LogP contribution >= 0.6 is 12.6 Å². The summed E-state index contributed by atoms with van der Waals surface area (Å²) in [5.41, 5.74) is 7.02. The summed E-state index contributed by atoms with van der Waals surface area (Å²) in [6.45, 7) is -0.858. The number of benzene rings is 1. The number of H-pyrrole nitrogens is 1. The lowest BCUT2D eigenvalue weighted by Crippen LogP contribution is -2.58. The van der Waals surface area contributed by atoms with Crippen molar-refractivity contribution in [2.45, 2.75) is 37.0 Å². The number of rotatable bonds is 13. The molecule has 0 spiro atoms. The molecule has 0 bridgehead atoms. The van der Waals surface area contributed by atoms with E-state index < -0.39 is 66.9 Å². The number of carbonyl (C=O) groups is 5. The number of aliphatic hydroxyl groups is 1. The molecule has 35 heavy (non-hydrogen) atoms. The molecule has 0 aliphatic rings. The quantitative estimate of drug-likeness (QED) is 0.136. The maximum absolute atomic E-state index is 13.0. The minimum atomic E-state index is -1.53. The normalized spacial score (nSPS) is 14.4. The fraction of sp³-hybridized carbons (Fsp3) is 0.381. The fourth-order valence-corrected chi connectivity index (χ4v) is 3.46. The van der Waals surface area contributed by atoms with E-state index >= 15 is 0 Å². The number of aliphatic hydroxyl groups excluding tert-OH is 1. The fourth-order valence-electron chi connectivity index (χ4n) is 3.21. The summed E-state index contributed by atoms with van der Waals surface area (Å²) in [5.74, 6) is -5.64. The molecule has 190 valence electrons. The molecule has 2 aromatic rings. The van der Waals surface area contributed by atoms with Gasteiger partial charge >= 0.3 is 11.9 Å². The summed E-state index contributed by atoms with van der Waals surface area (Å²) in [6.07, 6.45) is 0.902. The Labute approximate surface area is 204 Å². The van der Waals surface area contributed by atoms with E-state index in [0.29, 0.717) is 5.56 Å². The third-order valence-corrected chi connectivity index (χ3v) is 5.44. The zero-order valence-electron chi connectivity index (χ0n) is 18.4. The smallest absolute Gasteiger partial charge is 0.327 e. The number of aliphatic carboxylic acids is 2. The monoisotopic (exact) mass is 509 g/mol. The zero-order valence-corrected chi connectivity index (χ0v) is 19.3. The predicted molar refractivity (Wildman–Crippen MR) is 127 cm³/mol. The second kappa shape index (κ2) is 12.7. The molecule has 4 unspecified atom stereocenters. The van der Waals surface area contributed by atoms with Crippen LogP contribution in [0.4, 0.5) is 0 Å². The van der Waals surface area contributed by atoms with Crippen molar-refractivity contribution < 1.29 is 39.3 Å². The number of thiol groups is 1. The van der Waals surface area contributed by atoms with E-state index in [1.807, 2.05) is 6.07 Å². The molecule has 2 rings (SSSR count). The topological polar surface area (TPSA) is 224 Å². The van der Waals surface area contributed by atoms with Gasteiger partial charge in [0.05, 0.1) is 19.1 Å². The highest BCUT2D eigenvalue weighted by molar-refractivity contribution is 7.80. The van der Waals surface area contributed by atoms with E-state index in [4.69, 9.17) is 15.9 Å². The van der Waals surface area contributed by atoms with E-state index in [-0.39, 0.29) is 12.2 Å². The number of fused-ring (bicyclic) bond motifs is 1. The van der Waals surface area contributed by atoms with Crippen molar-refractivity contribution in [1.82, 2.24) is 20.9 Å². The third kappa shape index (κ3) is 7.70. The van der Waals surface area contributed by atoms with Gasteiger partial charge in [-0.2, -0.15) is 12.6 Å². The maximum Gasteiger partial charge on any atom is 0.327 e. The van der Waals surface area contributed by atoms with E-state index in [1.165, 1.54) is 0 Å². The first-order valence-corrected chi connectivity index (χ1v) is 11.1. The maximum atomic E-state index is 13.0. The SMILES string of the molecule is NC(CC(=O)O)C(=O)NC(Cc1c[nH]c2ccccc12)C(=O)NC(CO)C(=O)NC(CS)C(=O)O. The molecule has 0 saturated carbocycles. The van der Waals surface area contributed by atoms with Crippen LogP contribution in [0.2, 0.25) is 0 Å². The van der Waals surface area contributed by atoms with Gasteiger partial charge in [0.2, 0.25) is 17.7 Å². The van der Waals surface area contributed by atoms with Crippen molar-refractivity contribution >= 4 is 53.2 Å². The summed E-state index contributed by atoms with van der Waals surface area (Å²) in [6, 6.07) is 1.56. The number of aromatic nitrogens is 1. The molecule has 3 amide bonds. The third-order valence-electron chi connectivity index (χ3n) is 5.08. The molecule has 1 aromatic carbocycles. The Morgan fingerprint density at radius 2 is 1.54 bits per heavy atom. The van der Waals surface area contributed by atoms with E-state index in [1.54, 1.807) is 24.4 Å². The van der Waals surface area contributed by atoms with Crippen LogP contribution in [0.5, 0.6) is 0 Å². The molecule has 0 fully saturated rings. The lowest BCUT2D eigenvalue weighted by molar-refractivity contribution is -0.141. The van der Waals surface area contributed by atoms with Crippen LogP contribution in [0.3, 0.4) is 0 Å². The standard InChI is InChI=1S/C21H27N5O8S/c22-12(6-17(28)29)18(30)24-14(5-10-7-23-13-4-2-1-3-11(10)13)19(31)25-15(8-27)20(32)26-16(9-35)21(33)34/h1-4,7,12,14-16,23,27,35H,5-6,8-9,22H2,(H,24,30)(H,25,31)(H,26,32)(H,28,29)(H,33,34). The molecule has 0 radical (unpaired) electrons. The summed E-state index contributed by atoms with van der Waals surface area (Å²) in [4.78, 5) is 62.9. The number of carbonyl (C=O) groups excluding carboxylic acids is 3. The number of nitrogens with two attached hydrogens (primary N) is 1. The average Bonchev–Trinajstić information content (AvgIpc) is 3.22. The number of carboxylic acid groups (broad SMARTS) is 2. The minimum absolute atomic E-state index is 0.0600. The minimum Gasteiger partial charge on any atom is -0.481 e. The highest BCUT2D eigenvalue weighted by Gasteiger charge is 2.30. The Hall–Kier alpha value is -3.62. The van der Waals surface area contributed by atoms with Crippen molar-refractivity contribution in [3.63, 3.8) is 0 Å². The summed E-state index contributed by atoms with van der Waals surface area (Å²) < 4.78 is 0. The lowest BCUT2D eigenvalue weighted by atomic mass is 10.0. The van der Waals surface area contributed by atoms with Crippen LogP contribution in [0, 0.1) is 0 Å². The van der Waals surface area contributed by atoms with E-state index in [9.17, 15) is 29.1 Å². The van der Waals surface area contributed by atoms with Crippen LogP contribution in [-0.2, 0) is 30.4 Å². The van der Waals surface area contributed by atoms with Crippen molar-refractivity contribution in [2.75, 3.05) is 12.4 Å². The van der Waals surface area contributed by atoms with Gasteiger partial charge in [-0.15, -0.1) is 0 Å². The van der Waals surface area contributed by atoms with Gasteiger partial charge in [-0.1, -0.05) is 18.2 Å². The van der Waals surface area contributed by atoms with Gasteiger partial charge in [0, 0.05) is 29.3 Å². The molecule has 14 heteroatoms. The second-order valence-corrected chi connectivity index (χ2v) is 8.02. The van der Waals surface area contributed by atoms with Gasteiger partial charge in [-0.25, -0.2) is 4.79 Å². The first-order chi connectivity index (χ1) is 16.6. The number of hydrogen-bond donors (Lipinski definition) is 9. The van der Waals surface area contributed by atoms with E-state index in [2.05, 4.69) is 33.6 Å². The molecule has 1 aromatic heterocycles. The Morgan fingerprint density at radius 1 is 0.943 bits per heavy atom. The number of aromatic amines is 1. The molecule has 0 saturated heterocycles. The van der Waals surface area contributed by atoms with Gasteiger partial charge in [-0.05, 0) is 11.6 Å². The molecule has 0 aliphatic carbocycles. The highest BCUT2D eigenvalue weighted by atomic mass is 32.1. The van der Waals surface area contributed by atoms with Gasteiger partial charge < -0.3 is 42.0 Å². The average molecular weight is 510 g/mol. The first-order valence-electron chi connectivity index (χ1n) is 10.4. The number of hydrogen-bond acceptors (Lipinski definition) is 8. The number of nitrogens with one attached hydrogen (secondary N) is 4. The van der Waals surface area contributed by atoms with Crippen molar-refractivity contribution in [1.29, 1.82) is 0 Å². The Bertz CT molecular complexity index is 1090.